The lowest BCUT2D eigenvalue weighted by molar-refractivity contribution is 0.655. The summed E-state index contributed by atoms with van der Waals surface area (Å²) in [6.07, 6.45) is 4.73. The molecule has 18 heavy (non-hydrogen) atoms. The van der Waals surface area contributed by atoms with Crippen LogP contribution in [-0.4, -0.2) is 4.98 Å². The third-order valence-electron chi connectivity index (χ3n) is 3.72. The highest BCUT2D eigenvalue weighted by Crippen LogP contribution is 2.33. The molecule has 0 fully saturated rings. The van der Waals surface area contributed by atoms with Gasteiger partial charge in [-0.3, -0.25) is 4.98 Å². The van der Waals surface area contributed by atoms with Crippen molar-refractivity contribution in [2.75, 3.05) is 0 Å². The Balaban J connectivity index is 2.37. The number of nitrogens with two attached hydrogens (primary N) is 1. The maximum atomic E-state index is 6.21. The van der Waals surface area contributed by atoms with E-state index in [2.05, 4.69) is 41.1 Å². The fourth-order valence-electron chi connectivity index (χ4n) is 2.95. The van der Waals surface area contributed by atoms with E-state index >= 15 is 0 Å². The van der Waals surface area contributed by atoms with Crippen molar-refractivity contribution in [1.82, 2.24) is 4.98 Å². The highest BCUT2D eigenvalue weighted by Gasteiger charge is 2.19. The summed E-state index contributed by atoms with van der Waals surface area (Å²) in [5.74, 6) is 0. The summed E-state index contributed by atoms with van der Waals surface area (Å²) >= 11 is 3.54. The summed E-state index contributed by atoms with van der Waals surface area (Å²) in [6.45, 7) is 2.07. The van der Waals surface area contributed by atoms with Gasteiger partial charge in [0.2, 0.25) is 0 Å². The molecule has 0 aliphatic heterocycles. The van der Waals surface area contributed by atoms with Crippen molar-refractivity contribution < 1.29 is 0 Å². The summed E-state index contributed by atoms with van der Waals surface area (Å²) in [5, 5.41) is 1.21. The van der Waals surface area contributed by atoms with Crippen LogP contribution >= 0.6 is 15.9 Å². The van der Waals surface area contributed by atoms with Gasteiger partial charge in [0.25, 0.3) is 0 Å². The first-order chi connectivity index (χ1) is 8.66. The van der Waals surface area contributed by atoms with Gasteiger partial charge in [0.05, 0.1) is 5.52 Å². The molecule has 0 amide bonds. The summed E-state index contributed by atoms with van der Waals surface area (Å²) < 4.78 is 1.09. The van der Waals surface area contributed by atoms with Gasteiger partial charge >= 0.3 is 0 Å². The number of aryl methyl sites for hydroxylation is 1. The molecule has 0 bridgehead atoms. The summed E-state index contributed by atoms with van der Waals surface area (Å²) in [5.41, 5.74) is 11.3. The van der Waals surface area contributed by atoms with Crippen LogP contribution in [0, 0.1) is 0 Å². The molecule has 1 aromatic heterocycles. The van der Waals surface area contributed by atoms with Gasteiger partial charge in [-0.2, -0.15) is 0 Å². The molecule has 1 atom stereocenters. The predicted octanol–water partition coefficient (Wildman–Crippen LogP) is 3.90. The number of halogens is 1. The number of hydrogen-bond acceptors (Lipinski definition) is 2. The molecule has 1 aromatic carbocycles. The molecule has 94 valence electrons. The van der Waals surface area contributed by atoms with E-state index in [1.165, 1.54) is 35.0 Å². The molecule has 0 spiro atoms. The lowest BCUT2D eigenvalue weighted by Gasteiger charge is -2.22. The van der Waals surface area contributed by atoms with E-state index in [9.17, 15) is 0 Å². The molecule has 1 aliphatic rings. The first-order valence-corrected chi connectivity index (χ1v) is 7.32. The quantitative estimate of drug-likeness (QED) is 0.868. The van der Waals surface area contributed by atoms with Crippen LogP contribution in [-0.2, 0) is 12.8 Å². The second-order valence-electron chi connectivity index (χ2n) is 5.11. The third kappa shape index (κ3) is 1.95. The van der Waals surface area contributed by atoms with Crippen molar-refractivity contribution in [3.63, 3.8) is 0 Å². The minimum absolute atomic E-state index is 0.0663. The van der Waals surface area contributed by atoms with Gasteiger partial charge in [-0.05, 0) is 61.9 Å². The van der Waals surface area contributed by atoms with Crippen molar-refractivity contribution in [3.05, 3.63) is 39.5 Å². The smallest absolute Gasteiger partial charge is 0.0709 e. The molecule has 2 nitrogen and oxygen atoms in total. The maximum absolute atomic E-state index is 6.21. The van der Waals surface area contributed by atoms with Crippen LogP contribution in [0.5, 0.6) is 0 Å². The molecule has 3 rings (SSSR count). The third-order valence-corrected chi connectivity index (χ3v) is 4.22. The van der Waals surface area contributed by atoms with Gasteiger partial charge in [-0.25, -0.2) is 0 Å². The number of pyridine rings is 1. The van der Waals surface area contributed by atoms with Gasteiger partial charge in [-0.15, -0.1) is 0 Å². The number of rotatable bonds is 1. The Morgan fingerprint density at radius 2 is 2.06 bits per heavy atom. The van der Waals surface area contributed by atoms with E-state index in [-0.39, 0.29) is 6.04 Å². The average molecular weight is 305 g/mol. The topological polar surface area (TPSA) is 38.9 Å². The van der Waals surface area contributed by atoms with Crippen LogP contribution < -0.4 is 5.73 Å². The van der Waals surface area contributed by atoms with Crippen LogP contribution in [0.2, 0.25) is 0 Å². The zero-order chi connectivity index (χ0) is 12.7. The van der Waals surface area contributed by atoms with E-state index in [0.29, 0.717) is 0 Å². The van der Waals surface area contributed by atoms with Gasteiger partial charge in [0.1, 0.15) is 0 Å². The van der Waals surface area contributed by atoms with E-state index in [4.69, 9.17) is 10.7 Å². The maximum Gasteiger partial charge on any atom is 0.0709 e. The molecule has 0 radical (unpaired) electrons. The highest BCUT2D eigenvalue weighted by molar-refractivity contribution is 9.10. The van der Waals surface area contributed by atoms with Crippen molar-refractivity contribution in [2.45, 2.75) is 38.6 Å². The second kappa shape index (κ2) is 4.63. The Hall–Kier alpha value is -0.930. The van der Waals surface area contributed by atoms with E-state index < -0.39 is 0 Å². The molecule has 1 unspecified atom stereocenters. The Morgan fingerprint density at radius 3 is 2.83 bits per heavy atom. The number of nitrogens with zero attached hydrogens (tertiary/aromatic N) is 1. The summed E-state index contributed by atoms with van der Waals surface area (Å²) in [6, 6.07) is 6.35. The summed E-state index contributed by atoms with van der Waals surface area (Å²) in [4.78, 5) is 4.82. The minimum atomic E-state index is 0.0663. The van der Waals surface area contributed by atoms with Crippen LogP contribution in [0.25, 0.3) is 10.9 Å². The Labute approximate surface area is 116 Å². The lowest BCUT2D eigenvalue weighted by atomic mass is 9.87. The zero-order valence-corrected chi connectivity index (χ0v) is 12.1. The molecule has 2 aromatic rings. The van der Waals surface area contributed by atoms with Gasteiger partial charge in [0.15, 0.2) is 0 Å². The van der Waals surface area contributed by atoms with Crippen molar-refractivity contribution in [1.29, 1.82) is 0 Å². The Kier molecular flexibility index (Phi) is 3.12. The highest BCUT2D eigenvalue weighted by atomic mass is 79.9. The van der Waals surface area contributed by atoms with Crippen molar-refractivity contribution in [2.24, 2.45) is 5.73 Å². The van der Waals surface area contributed by atoms with Gasteiger partial charge in [-0.1, -0.05) is 15.9 Å². The average Bonchev–Trinajstić information content (AvgIpc) is 2.35. The monoisotopic (exact) mass is 304 g/mol. The number of aromatic nitrogens is 1. The van der Waals surface area contributed by atoms with E-state index in [0.717, 1.165) is 22.8 Å². The minimum Gasteiger partial charge on any atom is -0.324 e. The molecule has 0 saturated heterocycles. The Morgan fingerprint density at radius 1 is 1.28 bits per heavy atom. The largest absolute Gasteiger partial charge is 0.324 e. The second-order valence-corrected chi connectivity index (χ2v) is 6.02. The molecular weight excluding hydrogens is 288 g/mol. The molecular formula is C15H17BrN2. The number of hydrogen-bond donors (Lipinski definition) is 1. The molecule has 1 heterocycles. The van der Waals surface area contributed by atoms with Crippen LogP contribution in [0.1, 0.15) is 42.6 Å². The van der Waals surface area contributed by atoms with Crippen LogP contribution in [0.3, 0.4) is 0 Å². The van der Waals surface area contributed by atoms with E-state index in [1.807, 2.05) is 0 Å². The van der Waals surface area contributed by atoms with Crippen LogP contribution in [0.15, 0.2) is 22.7 Å². The SMILES string of the molecule is CC(N)c1c2c(nc3ccc(Br)cc13)CCCC2. The van der Waals surface area contributed by atoms with Crippen LogP contribution in [0.4, 0.5) is 0 Å². The van der Waals surface area contributed by atoms with Gasteiger partial charge in [0, 0.05) is 21.6 Å². The molecule has 0 saturated carbocycles. The Bertz CT molecular complexity index is 605. The lowest BCUT2D eigenvalue weighted by Crippen LogP contribution is -2.15. The molecule has 3 heteroatoms. The normalized spacial score (nSPS) is 16.6. The standard InChI is InChI=1S/C15H17BrN2/c1-9(17)15-11-4-2-3-5-13(11)18-14-7-6-10(16)8-12(14)15/h6-9H,2-5,17H2,1H3. The number of fused-ring (bicyclic) bond motifs is 2. The molecule has 2 N–H and O–H groups in total. The fourth-order valence-corrected chi connectivity index (χ4v) is 3.31. The first-order valence-electron chi connectivity index (χ1n) is 6.53. The van der Waals surface area contributed by atoms with Crippen molar-refractivity contribution >= 4 is 26.8 Å². The van der Waals surface area contributed by atoms with Gasteiger partial charge < -0.3 is 5.73 Å². The number of benzene rings is 1. The summed E-state index contributed by atoms with van der Waals surface area (Å²) in [7, 11) is 0. The van der Waals surface area contributed by atoms with E-state index in [1.54, 1.807) is 0 Å². The van der Waals surface area contributed by atoms with Crippen molar-refractivity contribution in [3.8, 4) is 0 Å². The molecule has 1 aliphatic carbocycles. The zero-order valence-electron chi connectivity index (χ0n) is 10.5. The fraction of sp³-hybridized carbons (Fsp3) is 0.400. The first kappa shape index (κ1) is 12.1. The predicted molar refractivity (Wildman–Crippen MR) is 78.7 cm³/mol.